The molecule has 3 heteroatoms. The highest BCUT2D eigenvalue weighted by molar-refractivity contribution is 5.96. The van der Waals surface area contributed by atoms with Gasteiger partial charge in [0, 0.05) is 0 Å². The summed E-state index contributed by atoms with van der Waals surface area (Å²) in [5.74, 6) is -0.0206. The topological polar surface area (TPSA) is 52.3 Å². The molecule has 1 amide bonds. The van der Waals surface area contributed by atoms with E-state index >= 15 is 0 Å². The van der Waals surface area contributed by atoms with E-state index in [1.165, 1.54) is 7.11 Å². The summed E-state index contributed by atoms with van der Waals surface area (Å²) in [7, 11) is 1.52. The Morgan fingerprint density at radius 3 is 2.47 bits per heavy atom. The minimum Gasteiger partial charge on any atom is -0.496 e. The number of hydrogen-bond donors (Lipinski definition) is 1. The fourth-order valence-electron chi connectivity index (χ4n) is 1.68. The van der Waals surface area contributed by atoms with Gasteiger partial charge in [-0.15, -0.1) is 0 Å². The summed E-state index contributed by atoms with van der Waals surface area (Å²) in [6.07, 6.45) is 15.1. The lowest BCUT2D eigenvalue weighted by atomic mass is 10.0. The lowest BCUT2D eigenvalue weighted by Gasteiger charge is -2.10. The summed E-state index contributed by atoms with van der Waals surface area (Å²) < 4.78 is 5.20. The second-order valence-corrected chi connectivity index (χ2v) is 3.69. The molecule has 0 saturated carbocycles. The monoisotopic (exact) mass is 227 g/mol. The number of nitrogens with two attached hydrogens (primary N) is 1. The molecule has 86 valence electrons. The van der Waals surface area contributed by atoms with Gasteiger partial charge in [0.15, 0.2) is 0 Å². The Morgan fingerprint density at radius 1 is 1.12 bits per heavy atom. The number of rotatable bonds is 2. The molecule has 3 nitrogen and oxygen atoms in total. The van der Waals surface area contributed by atoms with Crippen LogP contribution in [0.2, 0.25) is 0 Å². The molecule has 0 radical (unpaired) electrons. The second-order valence-electron chi connectivity index (χ2n) is 3.69. The molecule has 0 heterocycles. The van der Waals surface area contributed by atoms with Crippen LogP contribution in [0.5, 0.6) is 0 Å². The van der Waals surface area contributed by atoms with Crippen LogP contribution < -0.4 is 5.73 Å². The summed E-state index contributed by atoms with van der Waals surface area (Å²) >= 11 is 0. The molecule has 0 spiro atoms. The van der Waals surface area contributed by atoms with Crippen molar-refractivity contribution in [2.75, 3.05) is 7.11 Å². The fourth-order valence-corrected chi connectivity index (χ4v) is 1.68. The number of hydrogen-bond acceptors (Lipinski definition) is 2. The molecule has 0 unspecified atom stereocenters. The number of fused-ring (bicyclic) bond motifs is 1. The van der Waals surface area contributed by atoms with Crippen molar-refractivity contribution in [3.8, 4) is 0 Å². The predicted molar refractivity (Wildman–Crippen MR) is 66.8 cm³/mol. The minimum atomic E-state index is -0.498. The van der Waals surface area contributed by atoms with E-state index in [-0.39, 0.29) is 0 Å². The normalized spacial score (nSPS) is 27.1. The molecule has 0 aromatic carbocycles. The fraction of sp³-hybridized carbons (Fsp3) is 0.0714. The van der Waals surface area contributed by atoms with Crippen LogP contribution in [0.4, 0.5) is 0 Å². The van der Waals surface area contributed by atoms with Crippen LogP contribution in [0.25, 0.3) is 0 Å². The third kappa shape index (κ3) is 2.45. The predicted octanol–water partition coefficient (Wildman–Crippen LogP) is 1.92. The van der Waals surface area contributed by atoms with Crippen molar-refractivity contribution in [1.29, 1.82) is 0 Å². The van der Waals surface area contributed by atoms with E-state index in [0.717, 1.165) is 11.1 Å². The third-order valence-electron chi connectivity index (χ3n) is 2.51. The van der Waals surface area contributed by atoms with E-state index < -0.39 is 5.91 Å². The number of methoxy groups -OCH3 is 1. The van der Waals surface area contributed by atoms with Crippen molar-refractivity contribution in [2.45, 2.75) is 0 Å². The Balaban J connectivity index is 2.55. The van der Waals surface area contributed by atoms with Crippen molar-refractivity contribution in [3.05, 3.63) is 71.1 Å². The van der Waals surface area contributed by atoms with Crippen LogP contribution >= 0.6 is 0 Å². The lowest BCUT2D eigenvalue weighted by Crippen LogP contribution is -2.16. The average molecular weight is 227 g/mol. The quantitative estimate of drug-likeness (QED) is 0.783. The van der Waals surface area contributed by atoms with Gasteiger partial charge in [-0.2, -0.15) is 0 Å². The third-order valence-corrected chi connectivity index (χ3v) is 2.51. The van der Waals surface area contributed by atoms with Crippen LogP contribution in [-0.2, 0) is 9.53 Å². The first kappa shape index (κ1) is 11.2. The molecular formula is C14H13NO2. The number of amides is 1. The molecular weight excluding hydrogens is 214 g/mol. The van der Waals surface area contributed by atoms with E-state index in [4.69, 9.17) is 10.5 Å². The van der Waals surface area contributed by atoms with Gasteiger partial charge in [0.05, 0.1) is 12.7 Å². The highest BCUT2D eigenvalue weighted by Gasteiger charge is 2.13. The number of carbonyl (C=O) groups is 1. The zero-order valence-electron chi connectivity index (χ0n) is 9.51. The van der Waals surface area contributed by atoms with Gasteiger partial charge in [0.25, 0.3) is 5.91 Å². The van der Waals surface area contributed by atoms with Gasteiger partial charge >= 0.3 is 0 Å². The van der Waals surface area contributed by atoms with Crippen LogP contribution in [0, 0.1) is 0 Å². The maximum absolute atomic E-state index is 11.3. The van der Waals surface area contributed by atoms with Gasteiger partial charge < -0.3 is 10.5 Å². The zero-order chi connectivity index (χ0) is 12.3. The molecule has 2 N–H and O–H groups in total. The standard InChI is InChI=1S/C14H13NO2/c1-17-13-9-11-5-3-2-4-10(8-11)6-7-12(13)14(15)16/h2-9H,1H3,(H2,15,16)/b7-6?,10-6-,11-9?,12-7+,13-9-,13-12?. The molecule has 17 heavy (non-hydrogen) atoms. The van der Waals surface area contributed by atoms with Gasteiger partial charge in [-0.25, -0.2) is 0 Å². The maximum atomic E-state index is 11.3. The van der Waals surface area contributed by atoms with Crippen molar-refractivity contribution < 1.29 is 9.53 Å². The van der Waals surface area contributed by atoms with Crippen molar-refractivity contribution >= 4 is 5.91 Å². The smallest absolute Gasteiger partial charge is 0.252 e. The van der Waals surface area contributed by atoms with Crippen molar-refractivity contribution in [1.82, 2.24) is 0 Å². The molecule has 2 rings (SSSR count). The Morgan fingerprint density at radius 2 is 1.82 bits per heavy atom. The summed E-state index contributed by atoms with van der Waals surface area (Å²) in [6, 6.07) is 0. The molecule has 0 atom stereocenters. The van der Waals surface area contributed by atoms with Crippen LogP contribution in [0.1, 0.15) is 0 Å². The zero-order valence-corrected chi connectivity index (χ0v) is 9.51. The molecule has 0 aliphatic heterocycles. The van der Waals surface area contributed by atoms with Gasteiger partial charge in [0.1, 0.15) is 5.76 Å². The van der Waals surface area contributed by atoms with E-state index in [0.29, 0.717) is 11.3 Å². The molecule has 0 aromatic rings. The van der Waals surface area contributed by atoms with Crippen molar-refractivity contribution in [2.24, 2.45) is 5.73 Å². The van der Waals surface area contributed by atoms with E-state index in [1.807, 2.05) is 36.5 Å². The molecule has 2 bridgehead atoms. The number of allylic oxidation sites excluding steroid dienone is 10. The number of ether oxygens (including phenoxy) is 1. The van der Waals surface area contributed by atoms with Crippen LogP contribution in [-0.4, -0.2) is 13.0 Å². The first-order valence-electron chi connectivity index (χ1n) is 5.25. The highest BCUT2D eigenvalue weighted by Crippen LogP contribution is 2.21. The molecule has 2 aliphatic rings. The Kier molecular flexibility index (Phi) is 3.10. The summed E-state index contributed by atoms with van der Waals surface area (Å²) in [5, 5.41) is 0. The van der Waals surface area contributed by atoms with Gasteiger partial charge in [-0.1, -0.05) is 30.4 Å². The number of carbonyl (C=O) groups excluding carboxylic acids is 1. The minimum absolute atomic E-state index is 0.374. The summed E-state index contributed by atoms with van der Waals surface area (Å²) in [6.45, 7) is 0. The number of primary amides is 1. The SMILES string of the molecule is COC1=C\C2=CC(=C/C=C\1C(N)=O)\C=CC=C2. The summed E-state index contributed by atoms with van der Waals surface area (Å²) in [4.78, 5) is 11.3. The Bertz CT molecular complexity index is 528. The Labute approximate surface area is 99.9 Å². The van der Waals surface area contributed by atoms with Gasteiger partial charge in [-0.3, -0.25) is 4.79 Å². The Hall–Kier alpha value is -2.29. The van der Waals surface area contributed by atoms with Crippen LogP contribution in [0.3, 0.4) is 0 Å². The molecule has 0 saturated heterocycles. The van der Waals surface area contributed by atoms with Crippen LogP contribution in [0.15, 0.2) is 71.1 Å². The van der Waals surface area contributed by atoms with E-state index in [9.17, 15) is 4.79 Å². The molecule has 0 fully saturated rings. The first-order chi connectivity index (χ1) is 8.20. The first-order valence-corrected chi connectivity index (χ1v) is 5.25. The molecule has 2 aliphatic carbocycles. The van der Waals surface area contributed by atoms with Gasteiger partial charge in [-0.05, 0) is 29.4 Å². The molecule has 0 aromatic heterocycles. The van der Waals surface area contributed by atoms with E-state index in [2.05, 4.69) is 0 Å². The summed E-state index contributed by atoms with van der Waals surface area (Å²) in [5.41, 5.74) is 7.68. The van der Waals surface area contributed by atoms with Crippen molar-refractivity contribution in [3.63, 3.8) is 0 Å². The average Bonchev–Trinajstić information content (AvgIpc) is 2.51. The van der Waals surface area contributed by atoms with E-state index in [1.54, 1.807) is 12.2 Å². The maximum Gasteiger partial charge on any atom is 0.252 e. The highest BCUT2D eigenvalue weighted by atomic mass is 16.5. The van der Waals surface area contributed by atoms with Gasteiger partial charge in [0.2, 0.25) is 0 Å². The lowest BCUT2D eigenvalue weighted by molar-refractivity contribution is -0.114. The largest absolute Gasteiger partial charge is 0.496 e. The second kappa shape index (κ2) is 4.70.